The Morgan fingerprint density at radius 3 is 2.25 bits per heavy atom. The highest BCUT2D eigenvalue weighted by Gasteiger charge is 2.30. The van der Waals surface area contributed by atoms with Crippen LogP contribution < -0.4 is 5.32 Å². The van der Waals surface area contributed by atoms with Gasteiger partial charge in [0, 0.05) is 5.02 Å². The van der Waals surface area contributed by atoms with Crippen molar-refractivity contribution in [1.82, 2.24) is 20.2 Å². The Hall–Kier alpha value is -3.18. The van der Waals surface area contributed by atoms with Gasteiger partial charge in [0.1, 0.15) is 0 Å². The van der Waals surface area contributed by atoms with E-state index in [9.17, 15) is 0 Å². The van der Waals surface area contributed by atoms with Crippen LogP contribution >= 0.6 is 11.6 Å². The van der Waals surface area contributed by atoms with Gasteiger partial charge >= 0.3 is 0 Å². The monoisotopic (exact) mass is 387 g/mol. The minimum absolute atomic E-state index is 0.0577. The zero-order valence-corrected chi connectivity index (χ0v) is 15.8. The Morgan fingerprint density at radius 1 is 0.821 bits per heavy atom. The number of nitrogens with one attached hydrogen (secondary N) is 1. The third-order valence-corrected chi connectivity index (χ3v) is 5.48. The third kappa shape index (κ3) is 3.14. The summed E-state index contributed by atoms with van der Waals surface area (Å²) in [5, 5.41) is 16.4. The Morgan fingerprint density at radius 2 is 1.50 bits per heavy atom. The lowest BCUT2D eigenvalue weighted by atomic mass is 9.92. The lowest BCUT2D eigenvalue weighted by Crippen LogP contribution is -2.28. The molecule has 0 fully saturated rings. The van der Waals surface area contributed by atoms with Crippen LogP contribution in [0.4, 0.5) is 5.95 Å². The summed E-state index contributed by atoms with van der Waals surface area (Å²) in [6.45, 7) is 0. The normalized spacial score (nSPS) is 18.3. The molecule has 1 aliphatic heterocycles. The van der Waals surface area contributed by atoms with E-state index in [2.05, 4.69) is 69.4 Å². The standard InChI is InChI=1S/C22H18ClN5/c23-19-12-10-18(11-13-19)21-14-20(24-22-25-26-27-28(21)22)17-8-6-16(7-9-17)15-4-2-1-3-5-15/h1-13,20-21H,14H2,(H,24,25,27)/t20-,21+/m0/s1. The predicted octanol–water partition coefficient (Wildman–Crippen LogP) is 5.14. The van der Waals surface area contributed by atoms with Gasteiger partial charge in [0.15, 0.2) is 0 Å². The highest BCUT2D eigenvalue weighted by molar-refractivity contribution is 6.30. The van der Waals surface area contributed by atoms with Crippen molar-refractivity contribution >= 4 is 17.5 Å². The highest BCUT2D eigenvalue weighted by atomic mass is 35.5. The molecule has 28 heavy (non-hydrogen) atoms. The van der Waals surface area contributed by atoms with E-state index in [4.69, 9.17) is 11.6 Å². The lowest BCUT2D eigenvalue weighted by molar-refractivity contribution is 0.424. The molecule has 0 unspecified atom stereocenters. The van der Waals surface area contributed by atoms with E-state index in [1.54, 1.807) is 0 Å². The molecule has 1 aliphatic rings. The van der Waals surface area contributed by atoms with Crippen LogP contribution in [0.3, 0.4) is 0 Å². The average Bonchev–Trinajstić information content (AvgIpc) is 3.23. The molecule has 6 heteroatoms. The molecule has 2 heterocycles. The molecule has 5 rings (SSSR count). The van der Waals surface area contributed by atoms with Crippen molar-refractivity contribution < 1.29 is 0 Å². The topological polar surface area (TPSA) is 55.6 Å². The predicted molar refractivity (Wildman–Crippen MR) is 110 cm³/mol. The van der Waals surface area contributed by atoms with Gasteiger partial charge in [-0.25, -0.2) is 4.68 Å². The number of fused-ring (bicyclic) bond motifs is 1. The van der Waals surface area contributed by atoms with Crippen molar-refractivity contribution in [2.45, 2.75) is 18.5 Å². The van der Waals surface area contributed by atoms with E-state index in [-0.39, 0.29) is 12.1 Å². The van der Waals surface area contributed by atoms with E-state index in [0.717, 1.165) is 17.0 Å². The fourth-order valence-electron chi connectivity index (χ4n) is 3.76. The molecule has 0 saturated carbocycles. The molecule has 5 nitrogen and oxygen atoms in total. The van der Waals surface area contributed by atoms with Crippen LogP contribution in [0.5, 0.6) is 0 Å². The highest BCUT2D eigenvalue weighted by Crippen LogP contribution is 2.37. The molecule has 2 atom stereocenters. The second-order valence-electron chi connectivity index (χ2n) is 6.94. The fourth-order valence-corrected chi connectivity index (χ4v) is 3.88. The lowest BCUT2D eigenvalue weighted by Gasteiger charge is -2.31. The summed E-state index contributed by atoms with van der Waals surface area (Å²) in [4.78, 5) is 0. The maximum atomic E-state index is 6.06. The zero-order valence-electron chi connectivity index (χ0n) is 15.0. The van der Waals surface area contributed by atoms with Crippen LogP contribution in [-0.4, -0.2) is 20.2 Å². The molecule has 0 aliphatic carbocycles. The number of anilines is 1. The number of tetrazole rings is 1. The number of benzene rings is 3. The van der Waals surface area contributed by atoms with Crippen LogP contribution in [-0.2, 0) is 0 Å². The number of rotatable bonds is 3. The number of nitrogens with zero attached hydrogens (tertiary/aromatic N) is 4. The zero-order chi connectivity index (χ0) is 18.9. The van der Waals surface area contributed by atoms with Gasteiger partial charge < -0.3 is 5.32 Å². The number of hydrogen-bond donors (Lipinski definition) is 1. The van der Waals surface area contributed by atoms with Crippen molar-refractivity contribution in [1.29, 1.82) is 0 Å². The third-order valence-electron chi connectivity index (χ3n) is 5.23. The molecular weight excluding hydrogens is 370 g/mol. The Labute approximate surface area is 168 Å². The van der Waals surface area contributed by atoms with Crippen molar-refractivity contribution in [2.75, 3.05) is 5.32 Å². The first-order valence-corrected chi connectivity index (χ1v) is 9.61. The maximum absolute atomic E-state index is 6.06. The Bertz CT molecular complexity index is 1070. The maximum Gasteiger partial charge on any atom is 0.243 e. The molecule has 0 radical (unpaired) electrons. The summed E-state index contributed by atoms with van der Waals surface area (Å²) in [5.41, 5.74) is 4.78. The van der Waals surface area contributed by atoms with Gasteiger partial charge in [-0.15, -0.1) is 0 Å². The van der Waals surface area contributed by atoms with E-state index < -0.39 is 0 Å². The molecule has 1 aromatic heterocycles. The first-order valence-electron chi connectivity index (χ1n) is 9.23. The van der Waals surface area contributed by atoms with Gasteiger partial charge in [-0.1, -0.05) is 83.4 Å². The summed E-state index contributed by atoms with van der Waals surface area (Å²) in [5.74, 6) is 0.684. The van der Waals surface area contributed by atoms with E-state index in [1.807, 2.05) is 35.0 Å². The van der Waals surface area contributed by atoms with E-state index in [1.165, 1.54) is 16.7 Å². The average molecular weight is 388 g/mol. The molecule has 0 bridgehead atoms. The summed E-state index contributed by atoms with van der Waals surface area (Å²) >= 11 is 6.06. The summed E-state index contributed by atoms with van der Waals surface area (Å²) in [7, 11) is 0. The molecule has 138 valence electrons. The molecule has 0 spiro atoms. The van der Waals surface area contributed by atoms with Gasteiger partial charge in [0.05, 0.1) is 12.1 Å². The minimum atomic E-state index is 0.0577. The van der Waals surface area contributed by atoms with Crippen LogP contribution in [0, 0.1) is 0 Å². The fraction of sp³-hybridized carbons (Fsp3) is 0.136. The summed E-state index contributed by atoms with van der Waals surface area (Å²) in [6.07, 6.45) is 0.852. The largest absolute Gasteiger partial charge is 0.346 e. The molecular formula is C22H18ClN5. The summed E-state index contributed by atoms with van der Waals surface area (Å²) in [6, 6.07) is 27.2. The van der Waals surface area contributed by atoms with Gasteiger partial charge in [0.2, 0.25) is 5.95 Å². The van der Waals surface area contributed by atoms with Gasteiger partial charge in [0.25, 0.3) is 0 Å². The van der Waals surface area contributed by atoms with E-state index in [0.29, 0.717) is 5.95 Å². The number of hydrogen-bond acceptors (Lipinski definition) is 4. The quantitative estimate of drug-likeness (QED) is 0.528. The Kier molecular flexibility index (Phi) is 4.29. The molecule has 0 saturated heterocycles. The van der Waals surface area contributed by atoms with Crippen molar-refractivity contribution in [3.63, 3.8) is 0 Å². The van der Waals surface area contributed by atoms with Crippen molar-refractivity contribution in [3.05, 3.63) is 95.0 Å². The van der Waals surface area contributed by atoms with Crippen LogP contribution in [0.2, 0.25) is 5.02 Å². The smallest absolute Gasteiger partial charge is 0.243 e. The van der Waals surface area contributed by atoms with Crippen molar-refractivity contribution in [3.8, 4) is 11.1 Å². The van der Waals surface area contributed by atoms with Gasteiger partial charge in [-0.2, -0.15) is 0 Å². The first-order chi connectivity index (χ1) is 13.8. The van der Waals surface area contributed by atoms with Crippen LogP contribution in [0.25, 0.3) is 11.1 Å². The Balaban J connectivity index is 1.45. The van der Waals surface area contributed by atoms with Gasteiger partial charge in [-0.3, -0.25) is 0 Å². The van der Waals surface area contributed by atoms with Crippen LogP contribution in [0.15, 0.2) is 78.9 Å². The second-order valence-corrected chi connectivity index (χ2v) is 7.37. The van der Waals surface area contributed by atoms with Gasteiger partial charge in [-0.05, 0) is 51.2 Å². The molecule has 4 aromatic rings. The van der Waals surface area contributed by atoms with Crippen molar-refractivity contribution in [2.24, 2.45) is 0 Å². The SMILES string of the molecule is Clc1ccc([C@H]2C[C@@H](c3ccc(-c4ccccc4)cc3)Nc3nnnn32)cc1. The number of halogens is 1. The molecule has 3 aromatic carbocycles. The van der Waals surface area contributed by atoms with E-state index >= 15 is 0 Å². The summed E-state index contributed by atoms with van der Waals surface area (Å²) < 4.78 is 1.85. The second kappa shape index (κ2) is 7.09. The van der Waals surface area contributed by atoms with Crippen LogP contribution in [0.1, 0.15) is 29.6 Å². The first kappa shape index (κ1) is 17.0. The minimum Gasteiger partial charge on any atom is -0.346 e. The number of aromatic nitrogens is 4. The molecule has 1 N–H and O–H groups in total. The molecule has 0 amide bonds.